The Morgan fingerprint density at radius 3 is 2.78 bits per heavy atom. The van der Waals surface area contributed by atoms with Crippen LogP contribution in [0, 0.1) is 6.92 Å². The Balaban J connectivity index is 1.83. The van der Waals surface area contributed by atoms with Gasteiger partial charge in [0.15, 0.2) is 6.10 Å². The van der Waals surface area contributed by atoms with E-state index in [1.54, 1.807) is 12.3 Å². The number of carbonyl (C=O) groups is 2. The molecule has 2 aliphatic rings. The predicted octanol–water partition coefficient (Wildman–Crippen LogP) is 1.71. The van der Waals surface area contributed by atoms with Gasteiger partial charge in [0, 0.05) is 24.4 Å². The van der Waals surface area contributed by atoms with Crippen LogP contribution < -0.4 is 0 Å². The largest absolute Gasteiger partial charge is 0.467 e. The summed E-state index contributed by atoms with van der Waals surface area (Å²) in [7, 11) is 1.36. The third-order valence-corrected chi connectivity index (χ3v) is 4.78. The van der Waals surface area contributed by atoms with Gasteiger partial charge in [-0.15, -0.1) is 0 Å². The van der Waals surface area contributed by atoms with Gasteiger partial charge in [0.25, 0.3) is 5.91 Å². The van der Waals surface area contributed by atoms with Crippen molar-refractivity contribution in [3.8, 4) is 0 Å². The van der Waals surface area contributed by atoms with Crippen LogP contribution in [0.2, 0.25) is 0 Å². The van der Waals surface area contributed by atoms with Gasteiger partial charge in [0.1, 0.15) is 0 Å². The van der Waals surface area contributed by atoms with E-state index in [0.717, 1.165) is 18.5 Å². The topological polar surface area (TPSA) is 68.7 Å². The second-order valence-electron chi connectivity index (χ2n) is 6.32. The standard InChI is InChI=1S/C17H22N2O4/c1-10-4-6-12(9-18-10)16(20)19-11(2)5-7-14-13(19)8-15(23-14)17(21)22-3/h4,6,9,11,13-15H,5,7-8H2,1-3H3/t11-,13-,14+,15+/m1/s1. The van der Waals surface area contributed by atoms with E-state index in [2.05, 4.69) is 4.98 Å². The van der Waals surface area contributed by atoms with E-state index in [1.165, 1.54) is 7.11 Å². The first-order valence-electron chi connectivity index (χ1n) is 8.00. The van der Waals surface area contributed by atoms with Crippen LogP contribution >= 0.6 is 0 Å². The number of hydrogen-bond donors (Lipinski definition) is 0. The van der Waals surface area contributed by atoms with Gasteiger partial charge >= 0.3 is 5.97 Å². The maximum absolute atomic E-state index is 12.9. The van der Waals surface area contributed by atoms with Crippen molar-refractivity contribution in [1.82, 2.24) is 9.88 Å². The van der Waals surface area contributed by atoms with Crippen LogP contribution in [0.4, 0.5) is 0 Å². The number of aromatic nitrogens is 1. The Labute approximate surface area is 135 Å². The summed E-state index contributed by atoms with van der Waals surface area (Å²) in [5.41, 5.74) is 1.45. The summed E-state index contributed by atoms with van der Waals surface area (Å²) >= 11 is 0. The number of ether oxygens (including phenoxy) is 2. The maximum Gasteiger partial charge on any atom is 0.335 e. The number of hydrogen-bond acceptors (Lipinski definition) is 5. The number of carbonyl (C=O) groups excluding carboxylic acids is 2. The zero-order valence-electron chi connectivity index (χ0n) is 13.7. The number of piperidine rings is 1. The van der Waals surface area contributed by atoms with Crippen molar-refractivity contribution >= 4 is 11.9 Å². The van der Waals surface area contributed by atoms with Crippen LogP contribution in [0.1, 0.15) is 42.2 Å². The van der Waals surface area contributed by atoms with Gasteiger partial charge in [0.05, 0.1) is 24.8 Å². The summed E-state index contributed by atoms with van der Waals surface area (Å²) in [6, 6.07) is 3.66. The molecule has 0 bridgehead atoms. The van der Waals surface area contributed by atoms with Crippen molar-refractivity contribution in [3.63, 3.8) is 0 Å². The number of rotatable bonds is 2. The monoisotopic (exact) mass is 318 g/mol. The molecular weight excluding hydrogens is 296 g/mol. The molecule has 0 aliphatic carbocycles. The Bertz CT molecular complexity index is 601. The highest BCUT2D eigenvalue weighted by Crippen LogP contribution is 2.36. The van der Waals surface area contributed by atoms with E-state index in [9.17, 15) is 9.59 Å². The molecule has 1 aromatic heterocycles. The molecule has 124 valence electrons. The average molecular weight is 318 g/mol. The van der Waals surface area contributed by atoms with E-state index >= 15 is 0 Å². The Hall–Kier alpha value is -1.95. The molecule has 1 aromatic rings. The fourth-order valence-corrected chi connectivity index (χ4v) is 3.53. The minimum atomic E-state index is -0.577. The first-order chi connectivity index (χ1) is 11.0. The van der Waals surface area contributed by atoms with Crippen molar-refractivity contribution in [1.29, 1.82) is 0 Å². The van der Waals surface area contributed by atoms with E-state index in [4.69, 9.17) is 9.47 Å². The lowest BCUT2D eigenvalue weighted by molar-refractivity contribution is -0.153. The van der Waals surface area contributed by atoms with Crippen molar-refractivity contribution in [2.75, 3.05) is 7.11 Å². The lowest BCUT2D eigenvalue weighted by Gasteiger charge is -2.41. The highest BCUT2D eigenvalue weighted by Gasteiger charge is 2.47. The summed E-state index contributed by atoms with van der Waals surface area (Å²) in [5, 5.41) is 0. The third kappa shape index (κ3) is 2.95. The van der Waals surface area contributed by atoms with Crippen molar-refractivity contribution in [2.45, 2.75) is 57.4 Å². The molecule has 0 N–H and O–H groups in total. The summed E-state index contributed by atoms with van der Waals surface area (Å²) in [4.78, 5) is 30.8. The molecule has 0 saturated carbocycles. The van der Waals surface area contributed by atoms with E-state index in [1.807, 2.05) is 24.8 Å². The number of esters is 1. The molecule has 4 atom stereocenters. The summed E-state index contributed by atoms with van der Waals surface area (Å²) in [6.45, 7) is 3.93. The SMILES string of the molecule is COC(=O)[C@@H]1C[C@@H]2[C@H](CC[C@@H](C)N2C(=O)c2ccc(C)nc2)O1. The molecule has 0 aromatic carbocycles. The van der Waals surface area contributed by atoms with E-state index < -0.39 is 6.10 Å². The molecule has 3 rings (SSSR count). The molecule has 6 heteroatoms. The number of fused-ring (bicyclic) bond motifs is 1. The van der Waals surface area contributed by atoms with E-state index in [0.29, 0.717) is 12.0 Å². The van der Waals surface area contributed by atoms with Gasteiger partial charge in [-0.3, -0.25) is 9.78 Å². The van der Waals surface area contributed by atoms with E-state index in [-0.39, 0.29) is 30.1 Å². The van der Waals surface area contributed by atoms with Crippen LogP contribution in [0.3, 0.4) is 0 Å². The lowest BCUT2D eigenvalue weighted by Crippen LogP contribution is -2.53. The number of nitrogens with zero attached hydrogens (tertiary/aromatic N) is 2. The highest BCUT2D eigenvalue weighted by atomic mass is 16.6. The number of pyridine rings is 1. The fraction of sp³-hybridized carbons (Fsp3) is 0.588. The Morgan fingerprint density at radius 1 is 1.35 bits per heavy atom. The van der Waals surface area contributed by atoms with Gasteiger partial charge in [-0.1, -0.05) is 0 Å². The van der Waals surface area contributed by atoms with Crippen LogP contribution in [0.15, 0.2) is 18.3 Å². The number of methoxy groups -OCH3 is 1. The molecule has 0 spiro atoms. The number of amides is 1. The molecule has 1 amide bonds. The molecule has 23 heavy (non-hydrogen) atoms. The maximum atomic E-state index is 12.9. The summed E-state index contributed by atoms with van der Waals surface area (Å²) in [5.74, 6) is -0.412. The van der Waals surface area contributed by atoms with Gasteiger partial charge in [-0.05, 0) is 38.8 Å². The average Bonchev–Trinajstić information content (AvgIpc) is 2.98. The Morgan fingerprint density at radius 2 is 2.13 bits per heavy atom. The van der Waals surface area contributed by atoms with Gasteiger partial charge in [-0.2, -0.15) is 0 Å². The zero-order chi connectivity index (χ0) is 16.6. The minimum Gasteiger partial charge on any atom is -0.467 e. The summed E-state index contributed by atoms with van der Waals surface area (Å²) in [6.07, 6.45) is 3.15. The van der Waals surface area contributed by atoms with Crippen molar-refractivity contribution < 1.29 is 19.1 Å². The molecule has 2 aliphatic heterocycles. The first kappa shape index (κ1) is 15.9. The fourth-order valence-electron chi connectivity index (χ4n) is 3.53. The Kier molecular flexibility index (Phi) is 4.35. The van der Waals surface area contributed by atoms with Gasteiger partial charge in [-0.25, -0.2) is 4.79 Å². The molecule has 0 radical (unpaired) electrons. The lowest BCUT2D eigenvalue weighted by atomic mass is 9.92. The molecule has 3 heterocycles. The van der Waals surface area contributed by atoms with Crippen LogP contribution in [0.5, 0.6) is 0 Å². The number of likely N-dealkylation sites (tertiary alicyclic amines) is 1. The zero-order valence-corrected chi connectivity index (χ0v) is 13.7. The van der Waals surface area contributed by atoms with Gasteiger partial charge in [0.2, 0.25) is 0 Å². The van der Waals surface area contributed by atoms with Crippen LogP contribution in [-0.2, 0) is 14.3 Å². The van der Waals surface area contributed by atoms with Crippen molar-refractivity contribution in [3.05, 3.63) is 29.6 Å². The quantitative estimate of drug-likeness (QED) is 0.777. The summed E-state index contributed by atoms with van der Waals surface area (Å²) < 4.78 is 10.6. The number of aryl methyl sites for hydroxylation is 1. The molecular formula is C17H22N2O4. The molecule has 0 unspecified atom stereocenters. The predicted molar refractivity (Wildman–Crippen MR) is 82.9 cm³/mol. The second-order valence-corrected chi connectivity index (χ2v) is 6.32. The molecule has 2 saturated heterocycles. The molecule has 6 nitrogen and oxygen atoms in total. The van der Waals surface area contributed by atoms with Gasteiger partial charge < -0.3 is 14.4 Å². The first-order valence-corrected chi connectivity index (χ1v) is 8.00. The molecule has 2 fully saturated rings. The second kappa shape index (κ2) is 6.28. The minimum absolute atomic E-state index is 0.0474. The third-order valence-electron chi connectivity index (χ3n) is 4.78. The van der Waals surface area contributed by atoms with Crippen LogP contribution in [-0.4, -0.2) is 53.2 Å². The normalized spacial score (nSPS) is 30.0. The highest BCUT2D eigenvalue weighted by molar-refractivity contribution is 5.94. The van der Waals surface area contributed by atoms with Crippen LogP contribution in [0.25, 0.3) is 0 Å². The smallest absolute Gasteiger partial charge is 0.335 e. The van der Waals surface area contributed by atoms with Crippen molar-refractivity contribution in [2.24, 2.45) is 0 Å².